The maximum Gasteiger partial charge on any atom is 0.263 e. The van der Waals surface area contributed by atoms with Crippen molar-refractivity contribution in [2.75, 3.05) is 0 Å². The molecule has 3 nitrogen and oxygen atoms in total. The number of benzene rings is 2. The third-order valence-electron chi connectivity index (χ3n) is 6.85. The molecule has 170 valence electrons. The molecule has 2 aliphatic rings. The fraction of sp³-hybridized carbons (Fsp3) is 0.333. The Kier molecular flexibility index (Phi) is 5.92. The molecule has 1 aliphatic heterocycles. The maximum absolute atomic E-state index is 14.3. The van der Waals surface area contributed by atoms with E-state index in [4.69, 9.17) is 16.6 Å². The number of aliphatic imine (C=N–C) groups is 1. The van der Waals surface area contributed by atoms with Crippen LogP contribution in [-0.4, -0.2) is 21.5 Å². The van der Waals surface area contributed by atoms with Crippen LogP contribution in [0, 0.1) is 20.8 Å². The Morgan fingerprint density at radius 3 is 2.45 bits per heavy atom. The summed E-state index contributed by atoms with van der Waals surface area (Å²) in [6, 6.07) is 12.2. The summed E-state index contributed by atoms with van der Waals surface area (Å²) in [5.74, 6) is -0.0633. The van der Waals surface area contributed by atoms with Crippen LogP contribution in [0.3, 0.4) is 0 Å². The molecular formula is C27H27ClN2OS2. The van der Waals surface area contributed by atoms with E-state index in [0.717, 1.165) is 57.5 Å². The van der Waals surface area contributed by atoms with Gasteiger partial charge in [0.05, 0.1) is 16.8 Å². The molecule has 6 heteroatoms. The van der Waals surface area contributed by atoms with Crippen LogP contribution in [0.4, 0.5) is 5.69 Å². The molecule has 5 rings (SSSR count). The second-order valence-electron chi connectivity index (χ2n) is 9.15. The molecule has 0 N–H and O–H groups in total. The van der Waals surface area contributed by atoms with E-state index in [0.29, 0.717) is 15.1 Å². The Bertz CT molecular complexity index is 1290. The molecule has 2 aromatic carbocycles. The third-order valence-corrected chi connectivity index (χ3v) is 9.31. The van der Waals surface area contributed by atoms with Crippen molar-refractivity contribution < 1.29 is 4.79 Å². The first kappa shape index (κ1) is 22.7. The first-order valence-electron chi connectivity index (χ1n) is 11.4. The Labute approximate surface area is 208 Å². The third kappa shape index (κ3) is 3.74. The second kappa shape index (κ2) is 8.61. The number of hydrogen-bond donors (Lipinski definition) is 0. The lowest BCUT2D eigenvalue weighted by Crippen LogP contribution is -2.51. The lowest BCUT2D eigenvalue weighted by molar-refractivity contribution is 0.0704. The van der Waals surface area contributed by atoms with Crippen molar-refractivity contribution in [1.29, 1.82) is 0 Å². The summed E-state index contributed by atoms with van der Waals surface area (Å²) in [7, 11) is 0. The van der Waals surface area contributed by atoms with Gasteiger partial charge >= 0.3 is 0 Å². The molecule has 2 heterocycles. The van der Waals surface area contributed by atoms with E-state index in [9.17, 15) is 4.79 Å². The number of amides is 1. The van der Waals surface area contributed by atoms with E-state index in [1.807, 2.05) is 29.2 Å². The van der Waals surface area contributed by atoms with Crippen molar-refractivity contribution >= 4 is 61.5 Å². The van der Waals surface area contributed by atoms with E-state index < -0.39 is 5.54 Å². The van der Waals surface area contributed by atoms with Crippen molar-refractivity contribution in [3.8, 4) is 0 Å². The predicted molar refractivity (Wildman–Crippen MR) is 143 cm³/mol. The zero-order chi connectivity index (χ0) is 23.3. The maximum atomic E-state index is 14.3. The van der Waals surface area contributed by atoms with Gasteiger partial charge in [0.2, 0.25) is 0 Å². The Morgan fingerprint density at radius 1 is 1.09 bits per heavy atom. The van der Waals surface area contributed by atoms with Crippen LogP contribution in [0.5, 0.6) is 0 Å². The largest absolute Gasteiger partial charge is 0.276 e. The van der Waals surface area contributed by atoms with Gasteiger partial charge < -0.3 is 0 Å². The highest BCUT2D eigenvalue weighted by atomic mass is 35.5. The van der Waals surface area contributed by atoms with Crippen LogP contribution in [-0.2, 0) is 0 Å². The summed E-state index contributed by atoms with van der Waals surface area (Å²) < 4.78 is 1.56. The molecular weight excluding hydrogens is 468 g/mol. The van der Waals surface area contributed by atoms with Gasteiger partial charge in [-0.2, -0.15) is 0 Å². The number of amidine groups is 1. The van der Waals surface area contributed by atoms with Gasteiger partial charge in [0.25, 0.3) is 5.91 Å². The minimum Gasteiger partial charge on any atom is -0.276 e. The molecule has 1 amide bonds. The van der Waals surface area contributed by atoms with Crippen LogP contribution in [0.1, 0.15) is 59.2 Å². The van der Waals surface area contributed by atoms with Gasteiger partial charge in [0, 0.05) is 15.0 Å². The van der Waals surface area contributed by atoms with Crippen molar-refractivity contribution in [1.82, 2.24) is 4.90 Å². The van der Waals surface area contributed by atoms with Crippen molar-refractivity contribution in [3.05, 3.63) is 74.5 Å². The van der Waals surface area contributed by atoms with Crippen LogP contribution in [0.2, 0.25) is 4.34 Å². The normalized spacial score (nSPS) is 19.2. The first-order chi connectivity index (χ1) is 15.8. The van der Waals surface area contributed by atoms with Crippen LogP contribution < -0.4 is 0 Å². The summed E-state index contributed by atoms with van der Waals surface area (Å²) in [6.07, 6.45) is 5.17. The van der Waals surface area contributed by atoms with Crippen molar-refractivity contribution in [2.24, 2.45) is 4.99 Å². The number of thioether (sulfide) groups is 1. The van der Waals surface area contributed by atoms with E-state index in [1.54, 1.807) is 11.8 Å². The Balaban J connectivity index is 1.69. The zero-order valence-corrected chi connectivity index (χ0v) is 21.6. The molecule has 33 heavy (non-hydrogen) atoms. The van der Waals surface area contributed by atoms with Crippen LogP contribution in [0.15, 0.2) is 52.9 Å². The highest BCUT2D eigenvalue weighted by Gasteiger charge is 2.52. The van der Waals surface area contributed by atoms with Gasteiger partial charge in [-0.3, -0.25) is 9.69 Å². The summed E-state index contributed by atoms with van der Waals surface area (Å²) in [5.41, 5.74) is 4.55. The van der Waals surface area contributed by atoms with Gasteiger partial charge in [-0.05, 0) is 50.8 Å². The van der Waals surface area contributed by atoms with Crippen molar-refractivity contribution in [2.45, 2.75) is 58.4 Å². The Morgan fingerprint density at radius 2 is 1.76 bits per heavy atom. The lowest BCUT2D eigenvalue weighted by atomic mass is 9.80. The minimum absolute atomic E-state index is 0.0633. The van der Waals surface area contributed by atoms with E-state index >= 15 is 0 Å². The number of thiophene rings is 1. The monoisotopic (exact) mass is 494 g/mol. The molecule has 1 saturated heterocycles. The topological polar surface area (TPSA) is 32.7 Å². The van der Waals surface area contributed by atoms with Gasteiger partial charge in [-0.25, -0.2) is 4.99 Å². The molecule has 1 saturated carbocycles. The number of aryl methyl sites for hydroxylation is 3. The SMILES string of the molecule is C=C1SC(=Nc2c(C)cc(C)cc2C)N(C(=O)c2c(Cl)sc3ccccc23)C12CCCCC2. The molecule has 3 aromatic rings. The van der Waals surface area contributed by atoms with E-state index in [2.05, 4.69) is 39.5 Å². The minimum atomic E-state index is -0.405. The van der Waals surface area contributed by atoms with E-state index in [-0.39, 0.29) is 5.91 Å². The fourth-order valence-electron chi connectivity index (χ4n) is 5.32. The number of nitrogens with zero attached hydrogens (tertiary/aromatic N) is 2. The highest BCUT2D eigenvalue weighted by molar-refractivity contribution is 8.17. The summed E-state index contributed by atoms with van der Waals surface area (Å²) >= 11 is 9.70. The predicted octanol–water partition coefficient (Wildman–Crippen LogP) is 8.57. The van der Waals surface area contributed by atoms with Gasteiger partial charge in [0.15, 0.2) is 5.17 Å². The molecule has 1 aromatic heterocycles. The fourth-order valence-corrected chi connectivity index (χ4v) is 7.87. The highest BCUT2D eigenvalue weighted by Crippen LogP contribution is 2.52. The summed E-state index contributed by atoms with van der Waals surface area (Å²) in [5, 5.41) is 1.63. The molecule has 2 fully saturated rings. The average molecular weight is 495 g/mol. The Hall–Kier alpha value is -2.08. The molecule has 0 radical (unpaired) electrons. The molecule has 0 bridgehead atoms. The lowest BCUT2D eigenvalue weighted by Gasteiger charge is -2.41. The molecule has 1 spiro atoms. The van der Waals surface area contributed by atoms with Gasteiger partial charge in [-0.15, -0.1) is 11.3 Å². The quantitative estimate of drug-likeness (QED) is 0.357. The van der Waals surface area contributed by atoms with Gasteiger partial charge in [-0.1, -0.05) is 85.1 Å². The number of halogens is 1. The smallest absolute Gasteiger partial charge is 0.263 e. The zero-order valence-electron chi connectivity index (χ0n) is 19.2. The molecule has 1 aliphatic carbocycles. The molecule has 0 unspecified atom stereocenters. The number of hydrogen-bond acceptors (Lipinski definition) is 4. The van der Waals surface area contributed by atoms with Crippen LogP contribution >= 0.6 is 34.7 Å². The first-order valence-corrected chi connectivity index (χ1v) is 13.4. The van der Waals surface area contributed by atoms with Crippen molar-refractivity contribution in [3.63, 3.8) is 0 Å². The summed E-state index contributed by atoms with van der Waals surface area (Å²) in [6.45, 7) is 10.7. The standard InChI is InChI=1S/C27H27ClN2OS2/c1-16-14-17(2)23(18(3)15-16)29-26-30(27(19(4)32-26)12-8-5-9-13-27)25(31)22-20-10-6-7-11-21(20)33-24(22)28/h6-7,10-11,14-15H,4-5,8-9,12-13H2,1-3H3. The number of carbonyl (C=O) groups excluding carboxylic acids is 1. The second-order valence-corrected chi connectivity index (χ2v) is 11.9. The molecule has 0 atom stereocenters. The summed E-state index contributed by atoms with van der Waals surface area (Å²) in [4.78, 5) is 22.4. The van der Waals surface area contributed by atoms with Gasteiger partial charge in [0.1, 0.15) is 4.34 Å². The van der Waals surface area contributed by atoms with E-state index in [1.165, 1.54) is 23.3 Å². The number of rotatable bonds is 2. The number of carbonyl (C=O) groups is 1. The number of fused-ring (bicyclic) bond motifs is 1. The average Bonchev–Trinajstić information content (AvgIpc) is 3.24. The van der Waals surface area contributed by atoms with Crippen LogP contribution in [0.25, 0.3) is 10.1 Å².